The number of Topliss-reactive ketones (excluding diaryl/α,β-unsaturated/α-hetero) is 1. The maximum absolute atomic E-state index is 12.5. The van der Waals surface area contributed by atoms with Crippen LogP contribution in [0.5, 0.6) is 0 Å². The van der Waals surface area contributed by atoms with E-state index in [1.807, 2.05) is 108 Å². The highest BCUT2D eigenvalue weighted by Crippen LogP contribution is 2.24. The van der Waals surface area contributed by atoms with E-state index in [1.54, 1.807) is 24.4 Å². The summed E-state index contributed by atoms with van der Waals surface area (Å²) < 4.78 is 3.93. The fourth-order valence-electron chi connectivity index (χ4n) is 4.92. The largest absolute Gasteiger partial charge is 0.399 e. The van der Waals surface area contributed by atoms with Crippen LogP contribution in [0.3, 0.4) is 0 Å². The van der Waals surface area contributed by atoms with Crippen LogP contribution < -0.4 is 5.73 Å². The number of hydrogen-bond acceptors (Lipinski definition) is 5. The van der Waals surface area contributed by atoms with Crippen LogP contribution in [0.25, 0.3) is 21.8 Å². The Bertz CT molecular complexity index is 2030. The maximum atomic E-state index is 12.5. The fraction of sp³-hybridized carbons (Fsp3) is 0.135. The molecule has 0 aliphatic rings. The smallest absolute Gasteiger partial charge is 0.252 e. The van der Waals surface area contributed by atoms with Crippen molar-refractivity contribution < 1.29 is 9.59 Å². The molecule has 7 nitrogen and oxygen atoms in total. The van der Waals surface area contributed by atoms with Gasteiger partial charge in [0, 0.05) is 59.5 Å². The molecule has 0 amide bonds. The van der Waals surface area contributed by atoms with Crippen LogP contribution in [0.4, 0.5) is 5.69 Å². The molecule has 0 saturated heterocycles. The minimum atomic E-state index is -0.482. The van der Waals surface area contributed by atoms with Gasteiger partial charge < -0.3 is 14.9 Å². The summed E-state index contributed by atoms with van der Waals surface area (Å²) in [4.78, 5) is 23.5. The number of nitrogens with two attached hydrogens (primary N) is 1. The highest BCUT2D eigenvalue weighted by Gasteiger charge is 2.13. The number of nitriles is 2. The number of nitrogen functional groups attached to an aromatic ring is 1. The summed E-state index contributed by atoms with van der Waals surface area (Å²) in [5, 5.41) is 19.4. The van der Waals surface area contributed by atoms with Crippen molar-refractivity contribution in [3.63, 3.8) is 0 Å². The molecule has 0 spiro atoms. The van der Waals surface area contributed by atoms with E-state index in [0.717, 1.165) is 46.1 Å². The number of para-hydroxylation sites is 1. The van der Waals surface area contributed by atoms with E-state index in [-0.39, 0.29) is 5.78 Å². The average molecular weight is 614 g/mol. The van der Waals surface area contributed by atoms with Gasteiger partial charge in [-0.2, -0.15) is 10.5 Å². The van der Waals surface area contributed by atoms with Gasteiger partial charge in [-0.3, -0.25) is 9.59 Å². The monoisotopic (exact) mass is 613 g/mol. The Hall–Kier alpha value is -5.63. The Morgan fingerprint density at radius 1 is 0.711 bits per heavy atom. The standard InChI is InChI=1S/C19H16N2O.C12H9ClN2O.C6H7N/c1-2-21-13-16(12-20)17-9-8-15(11-18(17)21)19(22)10-14-6-4-3-5-7-14;1-2-15-7-9(6-14)10-4-3-8(12(13)16)5-11(10)15;7-6-4-2-1-3-5-6/h3-9,11,13H,2,10H2,1H3;3-5,7H,2H2,1H3;1-5H,7H2. The van der Waals surface area contributed by atoms with E-state index in [0.29, 0.717) is 28.7 Å². The van der Waals surface area contributed by atoms with Crippen LogP contribution in [0.2, 0.25) is 0 Å². The molecule has 0 fully saturated rings. The van der Waals surface area contributed by atoms with Crippen LogP contribution in [0.15, 0.2) is 109 Å². The Morgan fingerprint density at radius 2 is 1.18 bits per heavy atom. The van der Waals surface area contributed by atoms with Crippen molar-refractivity contribution in [2.45, 2.75) is 33.4 Å². The molecule has 0 aliphatic heterocycles. The van der Waals surface area contributed by atoms with Crippen molar-refractivity contribution in [1.82, 2.24) is 9.13 Å². The highest BCUT2D eigenvalue weighted by atomic mass is 35.5. The van der Waals surface area contributed by atoms with Gasteiger partial charge in [0.1, 0.15) is 12.1 Å². The molecule has 0 radical (unpaired) electrons. The lowest BCUT2D eigenvalue weighted by molar-refractivity contribution is 0.0992. The Kier molecular flexibility index (Phi) is 10.9. The molecule has 0 aliphatic carbocycles. The van der Waals surface area contributed by atoms with Gasteiger partial charge in [0.05, 0.1) is 22.2 Å². The zero-order valence-corrected chi connectivity index (χ0v) is 25.8. The molecular weight excluding hydrogens is 582 g/mol. The molecule has 4 aromatic carbocycles. The predicted octanol–water partition coefficient (Wildman–Crippen LogP) is 8.14. The molecular formula is C37H32ClN5O2. The number of fused-ring (bicyclic) bond motifs is 2. The first kappa shape index (κ1) is 32.3. The van der Waals surface area contributed by atoms with E-state index in [2.05, 4.69) is 12.1 Å². The molecule has 0 atom stereocenters. The third-order valence-electron chi connectivity index (χ3n) is 7.24. The third kappa shape index (κ3) is 7.86. The minimum Gasteiger partial charge on any atom is -0.399 e. The molecule has 6 rings (SSSR count). The number of rotatable bonds is 6. The number of hydrogen-bond donors (Lipinski definition) is 1. The second-order valence-electron chi connectivity index (χ2n) is 10.1. The van der Waals surface area contributed by atoms with Crippen molar-refractivity contribution in [2.24, 2.45) is 0 Å². The van der Waals surface area contributed by atoms with Crippen LogP contribution in [-0.4, -0.2) is 20.2 Å². The van der Waals surface area contributed by atoms with E-state index in [1.165, 1.54) is 0 Å². The summed E-state index contributed by atoms with van der Waals surface area (Å²) in [6.07, 6.45) is 4.02. The van der Waals surface area contributed by atoms with Gasteiger partial charge in [0.2, 0.25) is 0 Å². The maximum Gasteiger partial charge on any atom is 0.252 e. The second kappa shape index (κ2) is 15.2. The number of nitrogens with zero attached hydrogens (tertiary/aromatic N) is 4. The van der Waals surface area contributed by atoms with Crippen molar-refractivity contribution in [3.8, 4) is 12.1 Å². The lowest BCUT2D eigenvalue weighted by atomic mass is 10.0. The Morgan fingerprint density at radius 3 is 1.60 bits per heavy atom. The minimum absolute atomic E-state index is 0.0930. The molecule has 45 heavy (non-hydrogen) atoms. The van der Waals surface area contributed by atoms with Crippen LogP contribution in [-0.2, 0) is 19.5 Å². The molecule has 8 heteroatoms. The number of anilines is 1. The first-order valence-electron chi connectivity index (χ1n) is 14.4. The molecule has 224 valence electrons. The number of benzene rings is 4. The van der Waals surface area contributed by atoms with E-state index in [4.69, 9.17) is 22.6 Å². The Labute approximate surface area is 267 Å². The number of halogens is 1. The second-order valence-corrected chi connectivity index (χ2v) is 10.5. The van der Waals surface area contributed by atoms with E-state index < -0.39 is 5.24 Å². The SMILES string of the molecule is CCn1cc(C#N)c2ccc(C(=O)Cc3ccccc3)cc21.CCn1cc(C#N)c2ccc(C(=O)Cl)cc21.Nc1ccccc1. The fourth-order valence-corrected chi connectivity index (χ4v) is 5.03. The molecule has 6 aromatic rings. The van der Waals surface area contributed by atoms with Crippen LogP contribution >= 0.6 is 11.6 Å². The summed E-state index contributed by atoms with van der Waals surface area (Å²) in [5.41, 5.74) is 11.4. The molecule has 0 saturated carbocycles. The first-order chi connectivity index (χ1) is 21.8. The zero-order chi connectivity index (χ0) is 32.3. The first-order valence-corrected chi connectivity index (χ1v) is 14.8. The van der Waals surface area contributed by atoms with Gasteiger partial charge in [-0.1, -0.05) is 66.7 Å². The third-order valence-corrected chi connectivity index (χ3v) is 7.46. The lowest BCUT2D eigenvalue weighted by Crippen LogP contribution is -2.03. The molecule has 2 heterocycles. The average Bonchev–Trinajstić information content (AvgIpc) is 3.63. The van der Waals surface area contributed by atoms with Crippen LogP contribution in [0, 0.1) is 22.7 Å². The normalized spacial score (nSPS) is 10.2. The van der Waals surface area contributed by atoms with Crippen molar-refractivity contribution in [2.75, 3.05) is 5.73 Å². The lowest BCUT2D eigenvalue weighted by Gasteiger charge is -2.04. The summed E-state index contributed by atoms with van der Waals surface area (Å²) >= 11 is 5.43. The summed E-state index contributed by atoms with van der Waals surface area (Å²) in [6, 6.07) is 34.3. The summed E-state index contributed by atoms with van der Waals surface area (Å²) in [6.45, 7) is 5.53. The number of aryl methyl sites for hydroxylation is 2. The summed E-state index contributed by atoms with van der Waals surface area (Å²) in [7, 11) is 0. The van der Waals surface area contributed by atoms with Gasteiger partial charge in [-0.25, -0.2) is 0 Å². The number of aromatic nitrogens is 2. The topological polar surface area (TPSA) is 118 Å². The van der Waals surface area contributed by atoms with Gasteiger partial charge in [0.15, 0.2) is 5.78 Å². The van der Waals surface area contributed by atoms with E-state index in [9.17, 15) is 14.9 Å². The summed E-state index contributed by atoms with van der Waals surface area (Å²) in [5.74, 6) is 0.0930. The van der Waals surface area contributed by atoms with Crippen molar-refractivity contribution >= 4 is 50.1 Å². The highest BCUT2D eigenvalue weighted by molar-refractivity contribution is 6.67. The van der Waals surface area contributed by atoms with Crippen molar-refractivity contribution in [3.05, 3.63) is 137 Å². The van der Waals surface area contributed by atoms with Crippen molar-refractivity contribution in [1.29, 1.82) is 10.5 Å². The quantitative estimate of drug-likeness (QED) is 0.116. The molecule has 0 unspecified atom stereocenters. The molecule has 0 bridgehead atoms. The van der Waals surface area contributed by atoms with Gasteiger partial charge in [-0.05, 0) is 61.3 Å². The van der Waals surface area contributed by atoms with Gasteiger partial charge >= 0.3 is 0 Å². The van der Waals surface area contributed by atoms with Gasteiger partial charge in [-0.15, -0.1) is 0 Å². The number of ketones is 1. The number of carbonyl (C=O) groups is 2. The molecule has 2 N–H and O–H groups in total. The number of carbonyl (C=O) groups excluding carboxylic acids is 2. The van der Waals surface area contributed by atoms with Gasteiger partial charge in [0.25, 0.3) is 5.24 Å². The predicted molar refractivity (Wildman–Crippen MR) is 180 cm³/mol. The Balaban J connectivity index is 0.000000174. The van der Waals surface area contributed by atoms with E-state index >= 15 is 0 Å². The zero-order valence-electron chi connectivity index (χ0n) is 25.1. The van der Waals surface area contributed by atoms with Crippen LogP contribution in [0.1, 0.15) is 51.3 Å². The molecule has 2 aromatic heterocycles.